The smallest absolute Gasteiger partial charge is 0.174 e. The van der Waals surface area contributed by atoms with Crippen molar-refractivity contribution in [1.82, 2.24) is 14.9 Å². The zero-order valence-electron chi connectivity index (χ0n) is 18.6. The van der Waals surface area contributed by atoms with E-state index in [1.54, 1.807) is 0 Å². The third kappa shape index (κ3) is 4.03. The summed E-state index contributed by atoms with van der Waals surface area (Å²) in [7, 11) is 0. The number of anilines is 1. The highest BCUT2D eigenvalue weighted by molar-refractivity contribution is 7.80. The van der Waals surface area contributed by atoms with Gasteiger partial charge >= 0.3 is 0 Å². The van der Waals surface area contributed by atoms with Crippen molar-refractivity contribution in [2.75, 3.05) is 4.90 Å². The van der Waals surface area contributed by atoms with E-state index in [2.05, 4.69) is 87.5 Å². The molecule has 1 aliphatic rings. The van der Waals surface area contributed by atoms with E-state index < -0.39 is 0 Å². The summed E-state index contributed by atoms with van der Waals surface area (Å²) in [6.07, 6.45) is 4.92. The average molecular weight is 473 g/mol. The molecule has 0 radical (unpaired) electrons. The summed E-state index contributed by atoms with van der Waals surface area (Å²) in [6, 6.07) is 24.8. The van der Waals surface area contributed by atoms with Crippen molar-refractivity contribution in [3.63, 3.8) is 0 Å². The second-order valence-electron chi connectivity index (χ2n) is 8.25. The van der Waals surface area contributed by atoms with Crippen molar-refractivity contribution < 1.29 is 0 Å². The molecule has 4 nitrogen and oxygen atoms in total. The number of nitrogens with one attached hydrogen (secondary N) is 1. The Morgan fingerprint density at radius 1 is 1.00 bits per heavy atom. The number of aryl methyl sites for hydroxylation is 2. The van der Waals surface area contributed by atoms with Gasteiger partial charge in [-0.1, -0.05) is 36.7 Å². The molecule has 1 fully saturated rings. The Morgan fingerprint density at radius 3 is 2.48 bits per heavy atom. The number of hydrogen-bond acceptors (Lipinski definition) is 2. The molecule has 0 spiro atoms. The van der Waals surface area contributed by atoms with Gasteiger partial charge in [-0.25, -0.2) is 0 Å². The molecule has 0 saturated carbocycles. The molecular formula is C27H25ClN4S. The van der Waals surface area contributed by atoms with Gasteiger partial charge in [0.2, 0.25) is 0 Å². The first-order chi connectivity index (χ1) is 16.1. The normalized spacial score (nSPS) is 17.9. The summed E-state index contributed by atoms with van der Waals surface area (Å²) in [5.74, 6) is 0. The summed E-state index contributed by atoms with van der Waals surface area (Å²) in [4.78, 5) is 6.87. The molecule has 33 heavy (non-hydrogen) atoms. The van der Waals surface area contributed by atoms with Crippen LogP contribution in [0.1, 0.15) is 41.5 Å². The Labute approximate surface area is 204 Å². The Morgan fingerprint density at radius 2 is 1.79 bits per heavy atom. The van der Waals surface area contributed by atoms with Crippen LogP contribution >= 0.6 is 23.8 Å². The zero-order valence-corrected chi connectivity index (χ0v) is 20.1. The van der Waals surface area contributed by atoms with Gasteiger partial charge in [-0.05, 0) is 91.3 Å². The lowest BCUT2D eigenvalue weighted by Crippen LogP contribution is -2.30. The van der Waals surface area contributed by atoms with Gasteiger partial charge in [0.1, 0.15) is 6.04 Å². The van der Waals surface area contributed by atoms with E-state index in [1.807, 2.05) is 31.3 Å². The third-order valence-electron chi connectivity index (χ3n) is 6.22. The monoisotopic (exact) mass is 472 g/mol. The molecule has 1 N–H and O–H groups in total. The van der Waals surface area contributed by atoms with Gasteiger partial charge in [0.15, 0.2) is 5.11 Å². The number of thiocarbonyl (C=S) groups is 1. The number of hydrogen-bond donors (Lipinski definition) is 1. The fraction of sp³-hybridized carbons (Fsp3) is 0.185. The standard InChI is InChI=1S/C27H25ClN4S/c1-3-19-9-11-20(12-10-19)32-26(25(30-27(32)33)23-7-4-5-15-29-23)24-8-6-16-31(24)21-13-14-22(28)18(2)17-21/h4-17,25-26H,3H2,1-2H3,(H,30,33)/t25-,26-/m1/s1. The lowest BCUT2D eigenvalue weighted by Gasteiger charge is -2.29. The second kappa shape index (κ2) is 9.00. The number of halogens is 1. The molecule has 1 aliphatic heterocycles. The third-order valence-corrected chi connectivity index (χ3v) is 6.96. The van der Waals surface area contributed by atoms with E-state index in [-0.39, 0.29) is 12.1 Å². The molecule has 4 aromatic rings. The van der Waals surface area contributed by atoms with Crippen LogP contribution in [-0.2, 0) is 6.42 Å². The second-order valence-corrected chi connectivity index (χ2v) is 9.05. The van der Waals surface area contributed by atoms with Gasteiger partial charge in [0.25, 0.3) is 0 Å². The van der Waals surface area contributed by atoms with E-state index in [9.17, 15) is 0 Å². The molecule has 5 rings (SSSR count). The van der Waals surface area contributed by atoms with Crippen molar-refractivity contribution in [2.45, 2.75) is 32.4 Å². The van der Waals surface area contributed by atoms with Gasteiger partial charge in [-0.3, -0.25) is 4.98 Å². The number of aromatic nitrogens is 2. The zero-order chi connectivity index (χ0) is 22.9. The van der Waals surface area contributed by atoms with Crippen LogP contribution in [0.3, 0.4) is 0 Å². The predicted molar refractivity (Wildman–Crippen MR) is 139 cm³/mol. The lowest BCUT2D eigenvalue weighted by atomic mass is 10.0. The fourth-order valence-electron chi connectivity index (χ4n) is 4.47. The summed E-state index contributed by atoms with van der Waals surface area (Å²) in [5.41, 5.74) is 6.55. The van der Waals surface area contributed by atoms with Crippen molar-refractivity contribution in [2.24, 2.45) is 0 Å². The van der Waals surface area contributed by atoms with Crippen LogP contribution in [0, 0.1) is 6.92 Å². The van der Waals surface area contributed by atoms with Crippen LogP contribution in [0.25, 0.3) is 5.69 Å². The molecule has 2 aromatic carbocycles. The Hall–Kier alpha value is -3.15. The molecule has 3 heterocycles. The number of benzene rings is 2. The predicted octanol–water partition coefficient (Wildman–Crippen LogP) is 6.57. The molecule has 166 valence electrons. The molecule has 6 heteroatoms. The molecule has 0 aliphatic carbocycles. The largest absolute Gasteiger partial charge is 0.351 e. The van der Waals surface area contributed by atoms with Gasteiger partial charge in [-0.15, -0.1) is 0 Å². The number of rotatable bonds is 5. The summed E-state index contributed by atoms with van der Waals surface area (Å²) in [6.45, 7) is 4.19. The maximum atomic E-state index is 6.31. The Balaban J connectivity index is 1.65. The Kier molecular flexibility index (Phi) is 5.92. The van der Waals surface area contributed by atoms with E-state index in [0.717, 1.165) is 39.8 Å². The number of pyridine rings is 1. The van der Waals surface area contributed by atoms with Crippen molar-refractivity contribution in [3.05, 3.63) is 113 Å². The van der Waals surface area contributed by atoms with Gasteiger partial charge in [0, 0.05) is 34.5 Å². The minimum atomic E-state index is -0.0911. The van der Waals surface area contributed by atoms with E-state index in [1.165, 1.54) is 5.56 Å². The number of nitrogens with zero attached hydrogens (tertiary/aromatic N) is 3. The maximum Gasteiger partial charge on any atom is 0.174 e. The van der Waals surface area contributed by atoms with Crippen LogP contribution < -0.4 is 10.2 Å². The molecule has 1 saturated heterocycles. The SMILES string of the molecule is CCc1ccc(N2C(=S)N[C@H](c3ccccn3)[C@H]2c2cccn2-c2ccc(Cl)c(C)c2)cc1. The molecule has 0 amide bonds. The van der Waals surface area contributed by atoms with Crippen LogP contribution in [-0.4, -0.2) is 14.7 Å². The summed E-state index contributed by atoms with van der Waals surface area (Å²) in [5, 5.41) is 5.00. The first-order valence-electron chi connectivity index (χ1n) is 11.1. The maximum absolute atomic E-state index is 6.31. The molecular weight excluding hydrogens is 448 g/mol. The highest BCUT2D eigenvalue weighted by Gasteiger charge is 2.42. The van der Waals surface area contributed by atoms with E-state index in [0.29, 0.717) is 5.11 Å². The van der Waals surface area contributed by atoms with E-state index in [4.69, 9.17) is 23.8 Å². The molecule has 2 atom stereocenters. The van der Waals surface area contributed by atoms with Gasteiger partial charge in [-0.2, -0.15) is 0 Å². The summed E-state index contributed by atoms with van der Waals surface area (Å²) >= 11 is 12.2. The summed E-state index contributed by atoms with van der Waals surface area (Å²) < 4.78 is 2.22. The van der Waals surface area contributed by atoms with Crippen LogP contribution in [0.15, 0.2) is 85.2 Å². The van der Waals surface area contributed by atoms with Crippen LogP contribution in [0.4, 0.5) is 5.69 Å². The minimum Gasteiger partial charge on any atom is -0.351 e. The molecule has 0 unspecified atom stereocenters. The van der Waals surface area contributed by atoms with Crippen LogP contribution in [0.2, 0.25) is 5.02 Å². The van der Waals surface area contributed by atoms with Crippen molar-refractivity contribution in [1.29, 1.82) is 0 Å². The highest BCUT2D eigenvalue weighted by atomic mass is 35.5. The van der Waals surface area contributed by atoms with Crippen molar-refractivity contribution in [3.8, 4) is 5.69 Å². The van der Waals surface area contributed by atoms with E-state index >= 15 is 0 Å². The topological polar surface area (TPSA) is 33.1 Å². The first-order valence-corrected chi connectivity index (χ1v) is 11.9. The lowest BCUT2D eigenvalue weighted by molar-refractivity contribution is 0.549. The fourth-order valence-corrected chi connectivity index (χ4v) is 4.94. The first kappa shape index (κ1) is 21.7. The minimum absolute atomic E-state index is 0.0779. The average Bonchev–Trinajstić information content (AvgIpc) is 3.46. The van der Waals surface area contributed by atoms with Gasteiger partial charge < -0.3 is 14.8 Å². The van der Waals surface area contributed by atoms with Crippen LogP contribution in [0.5, 0.6) is 0 Å². The molecule has 0 bridgehead atoms. The van der Waals surface area contributed by atoms with Gasteiger partial charge in [0.05, 0.1) is 11.7 Å². The Bertz CT molecular complexity index is 1280. The highest BCUT2D eigenvalue weighted by Crippen LogP contribution is 2.42. The van der Waals surface area contributed by atoms with Crippen molar-refractivity contribution >= 4 is 34.6 Å². The quantitative estimate of drug-likeness (QED) is 0.333. The molecule has 2 aromatic heterocycles.